The van der Waals surface area contributed by atoms with Gasteiger partial charge in [0, 0.05) is 41.9 Å². The highest BCUT2D eigenvalue weighted by molar-refractivity contribution is 6.04. The van der Waals surface area contributed by atoms with Crippen molar-refractivity contribution < 1.29 is 14.4 Å². The molecule has 0 aromatic heterocycles. The van der Waals surface area contributed by atoms with Crippen molar-refractivity contribution in [3.05, 3.63) is 65.7 Å². The molecule has 1 saturated heterocycles. The van der Waals surface area contributed by atoms with Gasteiger partial charge in [-0.05, 0) is 80.8 Å². The van der Waals surface area contributed by atoms with Crippen LogP contribution < -0.4 is 10.6 Å². The summed E-state index contributed by atoms with van der Waals surface area (Å²) >= 11 is 0. The van der Waals surface area contributed by atoms with Crippen LogP contribution in [-0.2, 0) is 4.79 Å². The number of rotatable bonds is 5. The van der Waals surface area contributed by atoms with Gasteiger partial charge in [-0.1, -0.05) is 25.1 Å². The van der Waals surface area contributed by atoms with Crippen molar-refractivity contribution in [1.29, 1.82) is 0 Å². The summed E-state index contributed by atoms with van der Waals surface area (Å²) < 4.78 is 0. The first-order valence-corrected chi connectivity index (χ1v) is 12.1. The Morgan fingerprint density at radius 1 is 0.788 bits per heavy atom. The molecule has 0 unspecified atom stereocenters. The van der Waals surface area contributed by atoms with E-state index in [0.29, 0.717) is 48.8 Å². The first-order valence-electron chi connectivity index (χ1n) is 12.1. The highest BCUT2D eigenvalue weighted by Gasteiger charge is 2.29. The molecule has 2 aromatic carbocycles. The molecule has 0 radical (unpaired) electrons. The number of hydrogen-bond acceptors (Lipinski definition) is 3. The molecule has 0 atom stereocenters. The van der Waals surface area contributed by atoms with Gasteiger partial charge >= 0.3 is 0 Å². The second-order valence-corrected chi connectivity index (χ2v) is 9.43. The summed E-state index contributed by atoms with van der Waals surface area (Å²) in [6.07, 6.45) is 5.93. The molecular weight excluding hydrogens is 414 g/mol. The van der Waals surface area contributed by atoms with Crippen LogP contribution in [0.3, 0.4) is 0 Å². The van der Waals surface area contributed by atoms with E-state index < -0.39 is 0 Å². The van der Waals surface area contributed by atoms with E-state index in [2.05, 4.69) is 17.6 Å². The lowest BCUT2D eigenvalue weighted by Gasteiger charge is -2.33. The van der Waals surface area contributed by atoms with E-state index in [4.69, 9.17) is 0 Å². The Labute approximate surface area is 195 Å². The van der Waals surface area contributed by atoms with Crippen molar-refractivity contribution in [2.45, 2.75) is 51.5 Å². The molecule has 0 spiro atoms. The normalized spacial score (nSPS) is 21.3. The van der Waals surface area contributed by atoms with Gasteiger partial charge in [-0.15, -0.1) is 0 Å². The minimum atomic E-state index is -0.183. The van der Waals surface area contributed by atoms with Crippen LogP contribution in [0.1, 0.15) is 66.2 Å². The largest absolute Gasteiger partial charge is 0.353 e. The molecule has 2 aromatic rings. The van der Waals surface area contributed by atoms with Crippen LogP contribution in [0, 0.1) is 11.8 Å². The number of amides is 3. The molecule has 1 heterocycles. The fourth-order valence-electron chi connectivity index (χ4n) is 4.74. The Morgan fingerprint density at radius 2 is 1.42 bits per heavy atom. The fourth-order valence-corrected chi connectivity index (χ4v) is 4.74. The topological polar surface area (TPSA) is 78.5 Å². The van der Waals surface area contributed by atoms with E-state index in [1.54, 1.807) is 36.4 Å². The third-order valence-electron chi connectivity index (χ3n) is 6.94. The molecule has 2 N–H and O–H groups in total. The predicted octanol–water partition coefficient (Wildman–Crippen LogP) is 4.49. The van der Waals surface area contributed by atoms with Crippen molar-refractivity contribution >= 4 is 23.4 Å². The van der Waals surface area contributed by atoms with Crippen molar-refractivity contribution in [3.63, 3.8) is 0 Å². The molecule has 3 amide bonds. The van der Waals surface area contributed by atoms with E-state index >= 15 is 0 Å². The van der Waals surface area contributed by atoms with Crippen molar-refractivity contribution in [2.24, 2.45) is 11.8 Å². The lowest BCUT2D eigenvalue weighted by Crippen LogP contribution is -2.46. The molecule has 4 rings (SSSR count). The third-order valence-corrected chi connectivity index (χ3v) is 6.94. The minimum absolute atomic E-state index is 0.0102. The summed E-state index contributed by atoms with van der Waals surface area (Å²) in [6.45, 7) is 3.45. The smallest absolute Gasteiger partial charge is 0.255 e. The number of nitrogens with zero attached hydrogens (tertiary/aromatic N) is 1. The average Bonchev–Trinajstić information content (AvgIpc) is 2.86. The molecule has 174 valence electrons. The number of nitrogens with one attached hydrogen (secondary N) is 2. The summed E-state index contributed by atoms with van der Waals surface area (Å²) in [4.78, 5) is 39.7. The van der Waals surface area contributed by atoms with Crippen LogP contribution in [0.2, 0.25) is 0 Å². The Morgan fingerprint density at radius 3 is 2.06 bits per heavy atom. The average molecular weight is 448 g/mol. The number of benzene rings is 2. The van der Waals surface area contributed by atoms with Gasteiger partial charge in [0.25, 0.3) is 11.8 Å². The van der Waals surface area contributed by atoms with Crippen LogP contribution in [0.25, 0.3) is 0 Å². The molecule has 2 aliphatic rings. The Hall–Kier alpha value is -3.15. The van der Waals surface area contributed by atoms with Crippen LogP contribution in [-0.4, -0.2) is 41.8 Å². The molecule has 33 heavy (non-hydrogen) atoms. The zero-order chi connectivity index (χ0) is 23.2. The van der Waals surface area contributed by atoms with Gasteiger partial charge in [-0.3, -0.25) is 14.4 Å². The van der Waals surface area contributed by atoms with E-state index in [0.717, 1.165) is 18.8 Å². The van der Waals surface area contributed by atoms with Gasteiger partial charge in [-0.25, -0.2) is 0 Å². The van der Waals surface area contributed by atoms with Crippen molar-refractivity contribution in [1.82, 2.24) is 10.2 Å². The summed E-state index contributed by atoms with van der Waals surface area (Å²) in [5, 5.41) is 6.09. The summed E-state index contributed by atoms with van der Waals surface area (Å²) in [6, 6.07) is 16.3. The van der Waals surface area contributed by atoms with Crippen LogP contribution >= 0.6 is 0 Å². The number of piperidine rings is 1. The molecule has 6 nitrogen and oxygen atoms in total. The Kier molecular flexibility index (Phi) is 7.43. The number of likely N-dealkylation sites (tertiary alicyclic amines) is 1. The highest BCUT2D eigenvalue weighted by atomic mass is 16.2. The quantitative estimate of drug-likeness (QED) is 0.709. The van der Waals surface area contributed by atoms with E-state index in [9.17, 15) is 14.4 Å². The molecule has 2 fully saturated rings. The third kappa shape index (κ3) is 6.01. The monoisotopic (exact) mass is 447 g/mol. The summed E-state index contributed by atoms with van der Waals surface area (Å²) in [7, 11) is 0. The van der Waals surface area contributed by atoms with E-state index in [1.807, 2.05) is 23.1 Å². The van der Waals surface area contributed by atoms with Crippen LogP contribution in [0.15, 0.2) is 54.6 Å². The maximum atomic E-state index is 12.9. The summed E-state index contributed by atoms with van der Waals surface area (Å²) in [5.41, 5.74) is 1.82. The molecule has 6 heteroatoms. The summed E-state index contributed by atoms with van der Waals surface area (Å²) in [5.74, 6) is 0.694. The second-order valence-electron chi connectivity index (χ2n) is 9.43. The highest BCUT2D eigenvalue weighted by Crippen LogP contribution is 2.25. The fraction of sp³-hybridized carbons (Fsp3) is 0.444. The van der Waals surface area contributed by atoms with Crippen LogP contribution in [0.4, 0.5) is 5.69 Å². The van der Waals surface area contributed by atoms with Crippen LogP contribution in [0.5, 0.6) is 0 Å². The van der Waals surface area contributed by atoms with Gasteiger partial charge in [0.2, 0.25) is 5.91 Å². The first-order chi connectivity index (χ1) is 16.0. The number of hydrogen-bond donors (Lipinski definition) is 2. The Bertz CT molecular complexity index is 958. The molecular formula is C27H33N3O3. The maximum Gasteiger partial charge on any atom is 0.255 e. The van der Waals surface area contributed by atoms with Crippen molar-refractivity contribution in [3.8, 4) is 0 Å². The predicted molar refractivity (Wildman–Crippen MR) is 129 cm³/mol. The minimum Gasteiger partial charge on any atom is -0.353 e. The molecule has 0 bridgehead atoms. The zero-order valence-electron chi connectivity index (χ0n) is 19.3. The molecule has 1 aliphatic carbocycles. The second kappa shape index (κ2) is 10.6. The van der Waals surface area contributed by atoms with E-state index in [1.165, 1.54) is 12.8 Å². The Balaban J connectivity index is 1.25. The van der Waals surface area contributed by atoms with Gasteiger partial charge in [0.1, 0.15) is 0 Å². The van der Waals surface area contributed by atoms with Gasteiger partial charge < -0.3 is 15.5 Å². The number of anilines is 1. The lowest BCUT2D eigenvalue weighted by molar-refractivity contribution is -0.127. The molecule has 1 saturated carbocycles. The van der Waals surface area contributed by atoms with Gasteiger partial charge in [0.15, 0.2) is 0 Å². The van der Waals surface area contributed by atoms with Crippen molar-refractivity contribution in [2.75, 3.05) is 18.4 Å². The number of carbonyl (C=O) groups is 3. The molecule has 1 aliphatic heterocycles. The van der Waals surface area contributed by atoms with Gasteiger partial charge in [-0.2, -0.15) is 0 Å². The lowest BCUT2D eigenvalue weighted by atomic mass is 9.86. The van der Waals surface area contributed by atoms with E-state index in [-0.39, 0.29) is 23.6 Å². The first kappa shape index (κ1) is 23.0. The SMILES string of the molecule is CC1CCC(NC(=O)C2CCN(C(=O)c3ccc(NC(=O)c4ccccc4)cc3)CC2)CC1. The standard InChI is InChI=1S/C27H33N3O3/c1-19-7-11-23(12-8-19)28-26(32)21-15-17-30(18-16-21)27(33)22-9-13-24(14-10-22)29-25(31)20-5-3-2-4-6-20/h2-6,9-10,13-14,19,21,23H,7-8,11-12,15-18H2,1H3,(H,28,32)(H,29,31). The maximum absolute atomic E-state index is 12.9. The number of carbonyl (C=O) groups excluding carboxylic acids is 3. The zero-order valence-corrected chi connectivity index (χ0v) is 19.3. The van der Waals surface area contributed by atoms with Gasteiger partial charge in [0.05, 0.1) is 0 Å².